The molecule has 1 aromatic carbocycles. The number of hydrogen-bond donors (Lipinski definition) is 1. The van der Waals surface area contributed by atoms with E-state index >= 15 is 0 Å². The van der Waals surface area contributed by atoms with Crippen LogP contribution in [0, 0.1) is 0 Å². The van der Waals surface area contributed by atoms with Gasteiger partial charge in [0.25, 0.3) is 5.91 Å². The minimum Gasteiger partial charge on any atom is -0.488 e. The predicted molar refractivity (Wildman–Crippen MR) is 86.2 cm³/mol. The lowest BCUT2D eigenvalue weighted by Gasteiger charge is -2.29. The zero-order valence-electron chi connectivity index (χ0n) is 12.5. The largest absolute Gasteiger partial charge is 0.488 e. The van der Waals surface area contributed by atoms with Gasteiger partial charge in [0, 0.05) is 23.1 Å². The molecule has 1 N–H and O–H groups in total. The minimum atomic E-state index is -0.914. The van der Waals surface area contributed by atoms with Gasteiger partial charge in [-0.05, 0) is 45.0 Å². The summed E-state index contributed by atoms with van der Waals surface area (Å²) in [5.74, 6) is 0.686. The lowest BCUT2D eigenvalue weighted by molar-refractivity contribution is -0.130. The van der Waals surface area contributed by atoms with Crippen LogP contribution in [0.5, 0.6) is 5.75 Å². The molecule has 0 saturated heterocycles. The van der Waals surface area contributed by atoms with Gasteiger partial charge in [-0.3, -0.25) is 4.79 Å². The van der Waals surface area contributed by atoms with Crippen molar-refractivity contribution < 1.29 is 14.6 Å². The minimum absolute atomic E-state index is 0.0924. The Hall–Kier alpha value is -1.33. The summed E-state index contributed by atoms with van der Waals surface area (Å²) in [5, 5.41) is 9.91. The van der Waals surface area contributed by atoms with Crippen LogP contribution in [-0.2, 0) is 4.79 Å². The highest BCUT2D eigenvalue weighted by Crippen LogP contribution is 2.29. The van der Waals surface area contributed by atoms with Gasteiger partial charge >= 0.3 is 0 Å². The van der Waals surface area contributed by atoms with E-state index < -0.39 is 5.60 Å². The first-order valence-corrected chi connectivity index (χ1v) is 7.74. The molecular weight excluding hydrogens is 334 g/mol. The molecule has 114 valence electrons. The van der Waals surface area contributed by atoms with Gasteiger partial charge in [-0.1, -0.05) is 15.9 Å². The molecule has 2 rings (SSSR count). The molecule has 0 aliphatic carbocycles. The van der Waals surface area contributed by atoms with Crippen LogP contribution in [0.2, 0.25) is 0 Å². The number of nitrogens with zero attached hydrogens (tertiary/aromatic N) is 1. The summed E-state index contributed by atoms with van der Waals surface area (Å²) in [4.78, 5) is 14.2. The van der Waals surface area contributed by atoms with Crippen molar-refractivity contribution in [2.45, 2.75) is 26.4 Å². The van der Waals surface area contributed by atoms with E-state index in [2.05, 4.69) is 15.9 Å². The molecule has 5 heteroatoms. The molecule has 1 aliphatic heterocycles. The monoisotopic (exact) mass is 353 g/mol. The lowest BCUT2D eigenvalue weighted by Crippen LogP contribution is -2.43. The average Bonchev–Trinajstić information content (AvgIpc) is 2.42. The SMILES string of the molecule is CCN(CC(C)(C)O)C(=O)C1=Cc2cc(Br)ccc2OC1. The maximum absolute atomic E-state index is 12.6. The first-order valence-electron chi connectivity index (χ1n) is 6.95. The van der Waals surface area contributed by atoms with E-state index in [1.807, 2.05) is 31.2 Å². The Morgan fingerprint density at radius 3 is 2.81 bits per heavy atom. The zero-order valence-corrected chi connectivity index (χ0v) is 14.1. The number of rotatable bonds is 4. The van der Waals surface area contributed by atoms with Crippen molar-refractivity contribution in [1.29, 1.82) is 0 Å². The topological polar surface area (TPSA) is 49.8 Å². The maximum Gasteiger partial charge on any atom is 0.253 e. The molecule has 0 fully saturated rings. The number of carbonyl (C=O) groups is 1. The third-order valence-corrected chi connectivity index (χ3v) is 3.70. The molecule has 0 saturated carbocycles. The molecule has 21 heavy (non-hydrogen) atoms. The molecule has 1 amide bonds. The Bertz CT molecular complexity index is 575. The van der Waals surface area contributed by atoms with E-state index in [4.69, 9.17) is 4.74 Å². The van der Waals surface area contributed by atoms with Crippen LogP contribution in [-0.4, -0.2) is 41.2 Å². The number of benzene rings is 1. The van der Waals surface area contributed by atoms with Gasteiger partial charge < -0.3 is 14.7 Å². The number of hydrogen-bond acceptors (Lipinski definition) is 3. The molecule has 0 bridgehead atoms. The number of carbonyl (C=O) groups excluding carboxylic acids is 1. The lowest BCUT2D eigenvalue weighted by atomic mass is 10.1. The van der Waals surface area contributed by atoms with Gasteiger partial charge in [-0.2, -0.15) is 0 Å². The van der Waals surface area contributed by atoms with Gasteiger partial charge in [0.05, 0.1) is 11.2 Å². The first-order chi connectivity index (χ1) is 9.80. The number of halogens is 1. The summed E-state index contributed by atoms with van der Waals surface area (Å²) in [6.07, 6.45) is 1.86. The fourth-order valence-corrected chi connectivity index (χ4v) is 2.65. The fraction of sp³-hybridized carbons (Fsp3) is 0.438. The number of amides is 1. The summed E-state index contributed by atoms with van der Waals surface area (Å²) in [7, 11) is 0. The van der Waals surface area contributed by atoms with E-state index in [0.717, 1.165) is 15.8 Å². The van der Waals surface area contributed by atoms with E-state index in [9.17, 15) is 9.90 Å². The highest BCUT2D eigenvalue weighted by molar-refractivity contribution is 9.10. The van der Waals surface area contributed by atoms with Crippen LogP contribution in [0.3, 0.4) is 0 Å². The summed E-state index contributed by atoms with van der Waals surface area (Å²) >= 11 is 3.42. The summed E-state index contributed by atoms with van der Waals surface area (Å²) in [6, 6.07) is 5.71. The first kappa shape index (κ1) is 16.0. The van der Waals surface area contributed by atoms with E-state index in [1.54, 1.807) is 18.7 Å². The highest BCUT2D eigenvalue weighted by Gasteiger charge is 2.25. The van der Waals surface area contributed by atoms with Crippen LogP contribution in [0.4, 0.5) is 0 Å². The van der Waals surface area contributed by atoms with Gasteiger partial charge in [0.2, 0.25) is 0 Å². The molecule has 1 aliphatic rings. The van der Waals surface area contributed by atoms with Crippen molar-refractivity contribution in [3.8, 4) is 5.75 Å². The third kappa shape index (κ3) is 4.08. The van der Waals surface area contributed by atoms with Crippen LogP contribution in [0.25, 0.3) is 6.08 Å². The predicted octanol–water partition coefficient (Wildman–Crippen LogP) is 2.84. The molecule has 1 aromatic rings. The quantitative estimate of drug-likeness (QED) is 0.905. The number of aliphatic hydroxyl groups is 1. The summed E-state index contributed by atoms with van der Waals surface area (Å²) in [5.41, 5.74) is 0.577. The molecule has 4 nitrogen and oxygen atoms in total. The second kappa shape index (κ2) is 6.20. The second-order valence-corrected chi connectivity index (χ2v) is 6.69. The Morgan fingerprint density at radius 2 is 2.19 bits per heavy atom. The van der Waals surface area contributed by atoms with Crippen molar-refractivity contribution in [3.05, 3.63) is 33.8 Å². The van der Waals surface area contributed by atoms with Crippen molar-refractivity contribution >= 4 is 27.9 Å². The number of likely N-dealkylation sites (N-methyl/N-ethyl adjacent to an activating group) is 1. The van der Waals surface area contributed by atoms with Gasteiger partial charge in [0.1, 0.15) is 12.4 Å². The van der Waals surface area contributed by atoms with Crippen molar-refractivity contribution in [2.24, 2.45) is 0 Å². The van der Waals surface area contributed by atoms with Gasteiger partial charge in [0.15, 0.2) is 0 Å². The maximum atomic E-state index is 12.6. The smallest absolute Gasteiger partial charge is 0.253 e. The number of ether oxygens (including phenoxy) is 1. The summed E-state index contributed by atoms with van der Waals surface area (Å²) in [6.45, 7) is 6.40. The molecule has 1 heterocycles. The van der Waals surface area contributed by atoms with Crippen molar-refractivity contribution in [2.75, 3.05) is 19.7 Å². The third-order valence-electron chi connectivity index (χ3n) is 3.21. The highest BCUT2D eigenvalue weighted by atomic mass is 79.9. The Balaban J connectivity index is 2.23. The molecule has 0 aromatic heterocycles. The van der Waals surface area contributed by atoms with Crippen LogP contribution in [0.1, 0.15) is 26.3 Å². The number of fused-ring (bicyclic) bond motifs is 1. The summed E-state index contributed by atoms with van der Waals surface area (Å²) < 4.78 is 6.58. The van der Waals surface area contributed by atoms with Crippen LogP contribution < -0.4 is 4.74 Å². The van der Waals surface area contributed by atoms with Crippen LogP contribution >= 0.6 is 15.9 Å². The van der Waals surface area contributed by atoms with Crippen LogP contribution in [0.15, 0.2) is 28.2 Å². The van der Waals surface area contributed by atoms with Crippen molar-refractivity contribution in [1.82, 2.24) is 4.90 Å². The van der Waals surface area contributed by atoms with E-state index in [1.165, 1.54) is 0 Å². The molecule has 0 spiro atoms. The molecular formula is C16H20BrNO3. The van der Waals surface area contributed by atoms with E-state index in [0.29, 0.717) is 18.7 Å². The molecule has 0 radical (unpaired) electrons. The van der Waals surface area contributed by atoms with Gasteiger partial charge in [-0.25, -0.2) is 0 Å². The Kier molecular flexibility index (Phi) is 4.74. The molecule has 0 atom stereocenters. The van der Waals surface area contributed by atoms with Gasteiger partial charge in [-0.15, -0.1) is 0 Å². The standard InChI is InChI=1S/C16H20BrNO3/c1-4-18(10-16(2,3)20)15(19)12-7-11-8-13(17)5-6-14(11)21-9-12/h5-8,20H,4,9-10H2,1-3H3. The van der Waals surface area contributed by atoms with E-state index in [-0.39, 0.29) is 12.5 Å². The zero-order chi connectivity index (χ0) is 15.6. The Labute approximate surface area is 133 Å². The van der Waals surface area contributed by atoms with Crippen molar-refractivity contribution in [3.63, 3.8) is 0 Å². The second-order valence-electron chi connectivity index (χ2n) is 5.77. The molecule has 0 unspecified atom stereocenters. The average molecular weight is 354 g/mol. The fourth-order valence-electron chi connectivity index (χ4n) is 2.27. The normalized spacial score (nSPS) is 14.0. The Morgan fingerprint density at radius 1 is 1.48 bits per heavy atom.